The molecule has 26 heavy (non-hydrogen) atoms. The molecule has 0 fully saturated rings. The Kier molecular flexibility index (Phi) is 4.21. The van der Waals surface area contributed by atoms with Gasteiger partial charge in [-0.25, -0.2) is 4.98 Å². The van der Waals surface area contributed by atoms with E-state index >= 15 is 0 Å². The lowest BCUT2D eigenvalue weighted by molar-refractivity contribution is -0.384. The van der Waals surface area contributed by atoms with E-state index in [0.29, 0.717) is 11.1 Å². The van der Waals surface area contributed by atoms with E-state index in [1.807, 2.05) is 31.2 Å². The molecule has 130 valence electrons. The molecule has 2 heterocycles. The average Bonchev–Trinajstić information content (AvgIpc) is 3.18. The molecule has 0 atom stereocenters. The van der Waals surface area contributed by atoms with Crippen molar-refractivity contribution in [3.63, 3.8) is 0 Å². The van der Waals surface area contributed by atoms with Gasteiger partial charge in [-0.15, -0.1) is 11.3 Å². The second-order valence-corrected chi connectivity index (χ2v) is 8.02. The molecule has 0 spiro atoms. The molecule has 1 N–H and O–H groups in total. The van der Waals surface area contributed by atoms with Crippen molar-refractivity contribution in [1.82, 2.24) is 9.97 Å². The Morgan fingerprint density at radius 1 is 1.31 bits per heavy atom. The van der Waals surface area contributed by atoms with Crippen molar-refractivity contribution in [3.05, 3.63) is 63.8 Å². The second-order valence-electron chi connectivity index (χ2n) is 5.77. The normalized spacial score (nSPS) is 11.3. The molecule has 0 aliphatic rings. The number of ketones is 1. The standard InChI is InChI=1S/C18H13N3O3S2/c1-10-17(12-4-2-3-5-13(12)19-10)15(22)9-25-18-20-14-7-6-11(21(23)24)8-16(14)26-18/h2-8,19H,9H2,1H3. The number of nitro benzene ring substituents is 1. The maximum Gasteiger partial charge on any atom is 0.270 e. The first kappa shape index (κ1) is 16.7. The largest absolute Gasteiger partial charge is 0.358 e. The van der Waals surface area contributed by atoms with Gasteiger partial charge in [-0.3, -0.25) is 14.9 Å². The van der Waals surface area contributed by atoms with E-state index in [-0.39, 0.29) is 17.2 Å². The van der Waals surface area contributed by atoms with Gasteiger partial charge >= 0.3 is 0 Å². The maximum atomic E-state index is 12.7. The summed E-state index contributed by atoms with van der Waals surface area (Å²) in [6.45, 7) is 1.90. The number of aromatic amines is 1. The molecule has 2 aromatic heterocycles. The zero-order valence-corrected chi connectivity index (χ0v) is 15.3. The van der Waals surface area contributed by atoms with Crippen LogP contribution in [-0.2, 0) is 0 Å². The van der Waals surface area contributed by atoms with Crippen molar-refractivity contribution in [3.8, 4) is 0 Å². The lowest BCUT2D eigenvalue weighted by Crippen LogP contribution is -2.03. The molecule has 0 saturated carbocycles. The summed E-state index contributed by atoms with van der Waals surface area (Å²) in [6.07, 6.45) is 0. The monoisotopic (exact) mass is 383 g/mol. The number of thioether (sulfide) groups is 1. The number of nitro groups is 1. The van der Waals surface area contributed by atoms with Crippen LogP contribution in [0.4, 0.5) is 5.69 Å². The smallest absolute Gasteiger partial charge is 0.270 e. The number of Topliss-reactive ketones (excluding diaryl/α,β-unsaturated/α-hetero) is 1. The highest BCUT2D eigenvalue weighted by molar-refractivity contribution is 8.01. The summed E-state index contributed by atoms with van der Waals surface area (Å²) >= 11 is 2.72. The lowest BCUT2D eigenvalue weighted by atomic mass is 10.1. The van der Waals surface area contributed by atoms with E-state index in [1.165, 1.54) is 35.2 Å². The quantitative estimate of drug-likeness (QED) is 0.227. The van der Waals surface area contributed by atoms with Crippen molar-refractivity contribution < 1.29 is 9.72 Å². The average molecular weight is 383 g/mol. The molecule has 0 saturated heterocycles. The Balaban J connectivity index is 1.56. The van der Waals surface area contributed by atoms with Crippen LogP contribution >= 0.6 is 23.1 Å². The zero-order valence-electron chi connectivity index (χ0n) is 13.7. The van der Waals surface area contributed by atoms with Crippen LogP contribution in [-0.4, -0.2) is 26.4 Å². The van der Waals surface area contributed by atoms with Crippen LogP contribution in [0.5, 0.6) is 0 Å². The van der Waals surface area contributed by atoms with Crippen LogP contribution < -0.4 is 0 Å². The van der Waals surface area contributed by atoms with Gasteiger partial charge in [0, 0.05) is 34.3 Å². The number of carbonyl (C=O) groups excluding carboxylic acids is 1. The summed E-state index contributed by atoms with van der Waals surface area (Å²) < 4.78 is 1.48. The van der Waals surface area contributed by atoms with Crippen molar-refractivity contribution in [1.29, 1.82) is 0 Å². The third kappa shape index (κ3) is 2.97. The number of rotatable bonds is 5. The number of carbonyl (C=O) groups is 1. The van der Waals surface area contributed by atoms with Gasteiger partial charge in [-0.05, 0) is 19.1 Å². The molecule has 6 nitrogen and oxygen atoms in total. The zero-order chi connectivity index (χ0) is 18.3. The van der Waals surface area contributed by atoms with Crippen LogP contribution in [0.2, 0.25) is 0 Å². The third-order valence-corrected chi connectivity index (χ3v) is 6.22. The number of aromatic nitrogens is 2. The first-order valence-corrected chi connectivity index (χ1v) is 9.61. The summed E-state index contributed by atoms with van der Waals surface area (Å²) in [6, 6.07) is 12.3. The minimum Gasteiger partial charge on any atom is -0.358 e. The van der Waals surface area contributed by atoms with E-state index in [4.69, 9.17) is 0 Å². The topological polar surface area (TPSA) is 88.9 Å². The van der Waals surface area contributed by atoms with E-state index in [1.54, 1.807) is 6.07 Å². The van der Waals surface area contributed by atoms with E-state index in [0.717, 1.165) is 25.6 Å². The van der Waals surface area contributed by atoms with Crippen LogP contribution in [0.3, 0.4) is 0 Å². The Bertz CT molecular complexity index is 1160. The number of para-hydroxylation sites is 1. The summed E-state index contributed by atoms with van der Waals surface area (Å²) in [7, 11) is 0. The summed E-state index contributed by atoms with van der Waals surface area (Å²) in [4.78, 5) is 30.9. The Morgan fingerprint density at radius 2 is 2.12 bits per heavy atom. The highest BCUT2D eigenvalue weighted by atomic mass is 32.2. The van der Waals surface area contributed by atoms with Gasteiger partial charge in [-0.1, -0.05) is 30.0 Å². The van der Waals surface area contributed by atoms with E-state index < -0.39 is 4.92 Å². The maximum absolute atomic E-state index is 12.7. The van der Waals surface area contributed by atoms with E-state index in [2.05, 4.69) is 9.97 Å². The third-order valence-electron chi connectivity index (χ3n) is 4.06. The SMILES string of the molecule is Cc1[nH]c2ccccc2c1C(=O)CSc1nc2ccc([N+](=O)[O-])cc2s1. The first-order valence-electron chi connectivity index (χ1n) is 7.81. The molecule has 0 aliphatic heterocycles. The van der Waals surface area contributed by atoms with Gasteiger partial charge in [0.25, 0.3) is 5.69 Å². The lowest BCUT2D eigenvalue weighted by Gasteiger charge is -1.99. The minimum atomic E-state index is -0.421. The van der Waals surface area contributed by atoms with E-state index in [9.17, 15) is 14.9 Å². The molecule has 2 aromatic carbocycles. The number of hydrogen-bond donors (Lipinski definition) is 1. The number of nitrogens with zero attached hydrogens (tertiary/aromatic N) is 2. The molecular weight excluding hydrogens is 370 g/mol. The fourth-order valence-corrected chi connectivity index (χ4v) is 4.88. The van der Waals surface area contributed by atoms with Gasteiger partial charge in [0.05, 0.1) is 20.9 Å². The number of H-pyrrole nitrogens is 1. The summed E-state index contributed by atoms with van der Waals surface area (Å²) in [5, 5.41) is 11.8. The van der Waals surface area contributed by atoms with Crippen LogP contribution in [0.25, 0.3) is 21.1 Å². The first-order chi connectivity index (χ1) is 12.5. The fraction of sp³-hybridized carbons (Fsp3) is 0.111. The predicted octanol–water partition coefficient (Wildman–Crippen LogP) is 4.97. The van der Waals surface area contributed by atoms with Crippen LogP contribution in [0, 0.1) is 17.0 Å². The Hall–Kier alpha value is -2.71. The number of nitrogens with one attached hydrogen (secondary N) is 1. The highest BCUT2D eigenvalue weighted by Gasteiger charge is 2.17. The number of hydrogen-bond acceptors (Lipinski definition) is 6. The minimum absolute atomic E-state index is 0.0372. The molecule has 4 aromatic rings. The molecule has 0 bridgehead atoms. The second kappa shape index (κ2) is 6.54. The number of benzene rings is 2. The summed E-state index contributed by atoms with van der Waals surface area (Å²) in [5.41, 5.74) is 3.27. The fourth-order valence-electron chi connectivity index (χ4n) is 2.90. The molecule has 0 unspecified atom stereocenters. The van der Waals surface area contributed by atoms with Gasteiger partial charge in [0.2, 0.25) is 0 Å². The molecule has 4 rings (SSSR count). The van der Waals surface area contributed by atoms with Crippen LogP contribution in [0.1, 0.15) is 16.1 Å². The highest BCUT2D eigenvalue weighted by Crippen LogP contribution is 2.33. The van der Waals surface area contributed by atoms with Crippen LogP contribution in [0.15, 0.2) is 46.8 Å². The van der Waals surface area contributed by atoms with Gasteiger partial charge in [0.15, 0.2) is 10.1 Å². The van der Waals surface area contributed by atoms with Gasteiger partial charge < -0.3 is 4.98 Å². The molecule has 0 radical (unpaired) electrons. The summed E-state index contributed by atoms with van der Waals surface area (Å²) in [5.74, 6) is 0.306. The van der Waals surface area contributed by atoms with Crippen molar-refractivity contribution in [2.45, 2.75) is 11.3 Å². The molecule has 0 aliphatic carbocycles. The molecular formula is C18H13N3O3S2. The predicted molar refractivity (Wildman–Crippen MR) is 104 cm³/mol. The molecule has 0 amide bonds. The number of fused-ring (bicyclic) bond motifs is 2. The van der Waals surface area contributed by atoms with Gasteiger partial charge in [-0.2, -0.15) is 0 Å². The van der Waals surface area contributed by atoms with Crippen molar-refractivity contribution in [2.75, 3.05) is 5.75 Å². The van der Waals surface area contributed by atoms with Crippen molar-refractivity contribution in [2.24, 2.45) is 0 Å². The number of non-ortho nitro benzene ring substituents is 1. The number of aryl methyl sites for hydroxylation is 1. The van der Waals surface area contributed by atoms with Crippen molar-refractivity contribution >= 4 is 55.7 Å². The van der Waals surface area contributed by atoms with Gasteiger partial charge in [0.1, 0.15) is 0 Å². The Labute approximate surface area is 156 Å². The Morgan fingerprint density at radius 3 is 2.92 bits per heavy atom. The molecule has 8 heteroatoms. The number of thiazole rings is 1.